The van der Waals surface area contributed by atoms with E-state index in [0.717, 1.165) is 36.5 Å². The maximum atomic E-state index is 12.7. The number of carbonyl (C=O) groups excluding carboxylic acids is 1. The Morgan fingerprint density at radius 2 is 2.16 bits per heavy atom. The molecule has 1 aromatic carbocycles. The lowest BCUT2D eigenvalue weighted by Gasteiger charge is -2.25. The summed E-state index contributed by atoms with van der Waals surface area (Å²) in [6, 6.07) is 11.7. The summed E-state index contributed by atoms with van der Waals surface area (Å²) in [6.45, 7) is 0.747. The second kappa shape index (κ2) is 7.42. The van der Waals surface area contributed by atoms with E-state index in [1.165, 1.54) is 0 Å². The minimum absolute atomic E-state index is 0.0732. The summed E-state index contributed by atoms with van der Waals surface area (Å²) < 4.78 is 5.30. The van der Waals surface area contributed by atoms with Crippen LogP contribution >= 0.6 is 0 Å². The van der Waals surface area contributed by atoms with E-state index in [2.05, 4.69) is 10.3 Å². The minimum atomic E-state index is -0.0928. The number of pyridine rings is 1. The number of nitrogens with one attached hydrogen (secondary N) is 1. The molecule has 1 fully saturated rings. The average molecular weight is 340 g/mol. The zero-order valence-corrected chi connectivity index (χ0v) is 14.9. The van der Waals surface area contributed by atoms with Crippen LogP contribution in [0.5, 0.6) is 5.75 Å². The van der Waals surface area contributed by atoms with Gasteiger partial charge in [-0.15, -0.1) is 0 Å². The van der Waals surface area contributed by atoms with Crippen LogP contribution < -0.4 is 15.0 Å². The summed E-state index contributed by atoms with van der Waals surface area (Å²) >= 11 is 0. The lowest BCUT2D eigenvalue weighted by molar-refractivity contribution is 0.207. The highest BCUT2D eigenvalue weighted by Crippen LogP contribution is 2.33. The highest BCUT2D eigenvalue weighted by molar-refractivity contribution is 5.89. The predicted octanol–water partition coefficient (Wildman–Crippen LogP) is 3.53. The first-order valence-electron chi connectivity index (χ1n) is 8.43. The highest BCUT2D eigenvalue weighted by Gasteiger charge is 2.30. The molecule has 25 heavy (non-hydrogen) atoms. The van der Waals surface area contributed by atoms with Gasteiger partial charge in [0.2, 0.25) is 0 Å². The largest absolute Gasteiger partial charge is 0.497 e. The van der Waals surface area contributed by atoms with Crippen molar-refractivity contribution in [2.45, 2.75) is 18.9 Å². The molecule has 0 bridgehead atoms. The number of likely N-dealkylation sites (tertiary alicyclic amines) is 1. The molecule has 6 nitrogen and oxygen atoms in total. The normalized spacial score (nSPS) is 16.6. The summed E-state index contributed by atoms with van der Waals surface area (Å²) in [5.41, 5.74) is 1.81. The van der Waals surface area contributed by atoms with E-state index in [1.807, 2.05) is 60.3 Å². The van der Waals surface area contributed by atoms with Crippen LogP contribution in [0.2, 0.25) is 0 Å². The number of anilines is 2. The fourth-order valence-corrected chi connectivity index (χ4v) is 3.12. The predicted molar refractivity (Wildman–Crippen MR) is 99.3 cm³/mol. The smallest absolute Gasteiger partial charge is 0.322 e. The van der Waals surface area contributed by atoms with Gasteiger partial charge in [0, 0.05) is 20.6 Å². The molecule has 1 aliphatic heterocycles. The molecular weight excluding hydrogens is 316 g/mol. The van der Waals surface area contributed by atoms with E-state index in [9.17, 15) is 4.79 Å². The molecule has 132 valence electrons. The summed E-state index contributed by atoms with van der Waals surface area (Å²) in [4.78, 5) is 20.9. The van der Waals surface area contributed by atoms with Crippen molar-refractivity contribution in [3.8, 4) is 5.75 Å². The van der Waals surface area contributed by atoms with Crippen LogP contribution in [0.1, 0.15) is 24.4 Å². The molecule has 1 N–H and O–H groups in total. The molecule has 0 saturated carbocycles. The van der Waals surface area contributed by atoms with Gasteiger partial charge in [0.15, 0.2) is 0 Å². The van der Waals surface area contributed by atoms with Gasteiger partial charge in [0.1, 0.15) is 11.6 Å². The van der Waals surface area contributed by atoms with Crippen molar-refractivity contribution in [1.29, 1.82) is 0 Å². The molecule has 2 heterocycles. The maximum absolute atomic E-state index is 12.7. The third-order valence-electron chi connectivity index (χ3n) is 4.45. The van der Waals surface area contributed by atoms with Crippen molar-refractivity contribution in [3.05, 3.63) is 48.2 Å². The Balaban J connectivity index is 1.72. The van der Waals surface area contributed by atoms with Gasteiger partial charge in [0.25, 0.3) is 0 Å². The van der Waals surface area contributed by atoms with Crippen molar-refractivity contribution in [3.63, 3.8) is 0 Å². The van der Waals surface area contributed by atoms with E-state index in [-0.39, 0.29) is 12.1 Å². The quantitative estimate of drug-likeness (QED) is 0.925. The molecule has 1 atom stereocenters. The Morgan fingerprint density at radius 1 is 1.32 bits per heavy atom. The van der Waals surface area contributed by atoms with Crippen molar-refractivity contribution in [1.82, 2.24) is 9.88 Å². The minimum Gasteiger partial charge on any atom is -0.497 e. The molecular formula is C19H24N4O2. The number of carbonyl (C=O) groups is 1. The lowest BCUT2D eigenvalue weighted by Crippen LogP contribution is -2.34. The third-order valence-corrected chi connectivity index (χ3v) is 4.45. The van der Waals surface area contributed by atoms with Gasteiger partial charge in [-0.1, -0.05) is 12.1 Å². The van der Waals surface area contributed by atoms with Gasteiger partial charge in [-0.25, -0.2) is 9.78 Å². The van der Waals surface area contributed by atoms with Crippen LogP contribution in [-0.2, 0) is 0 Å². The Bertz CT molecular complexity index is 730. The van der Waals surface area contributed by atoms with E-state index < -0.39 is 0 Å². The molecule has 2 aromatic rings. The highest BCUT2D eigenvalue weighted by atomic mass is 16.5. The first kappa shape index (κ1) is 17.1. The summed E-state index contributed by atoms with van der Waals surface area (Å²) in [7, 11) is 5.52. The Hall–Kier alpha value is -2.76. The van der Waals surface area contributed by atoms with Gasteiger partial charge >= 0.3 is 6.03 Å². The van der Waals surface area contributed by atoms with Gasteiger partial charge in [-0.05, 0) is 42.7 Å². The SMILES string of the molecule is COc1cccc([C@@H]2CCCN2C(=O)Nc2ccc(N(C)C)nc2)c1. The van der Waals surface area contributed by atoms with E-state index >= 15 is 0 Å². The topological polar surface area (TPSA) is 57.7 Å². The third kappa shape index (κ3) is 3.84. The number of rotatable bonds is 4. The number of ether oxygens (including phenoxy) is 1. The molecule has 0 aliphatic carbocycles. The molecule has 6 heteroatoms. The number of urea groups is 1. The van der Waals surface area contributed by atoms with Crippen LogP contribution in [0.25, 0.3) is 0 Å². The van der Waals surface area contributed by atoms with Crippen molar-refractivity contribution < 1.29 is 9.53 Å². The number of hydrogen-bond donors (Lipinski definition) is 1. The van der Waals surface area contributed by atoms with Crippen LogP contribution in [0.4, 0.5) is 16.3 Å². The summed E-state index contributed by atoms with van der Waals surface area (Å²) in [5, 5.41) is 2.95. The fourth-order valence-electron chi connectivity index (χ4n) is 3.12. The number of aromatic nitrogens is 1. The molecule has 1 saturated heterocycles. The zero-order chi connectivity index (χ0) is 17.8. The monoisotopic (exact) mass is 340 g/mol. The van der Waals surface area contributed by atoms with Gasteiger partial charge in [-0.3, -0.25) is 0 Å². The average Bonchev–Trinajstić information content (AvgIpc) is 3.12. The fraction of sp³-hybridized carbons (Fsp3) is 0.368. The van der Waals surface area contributed by atoms with E-state index in [1.54, 1.807) is 13.3 Å². The Labute approximate surface area is 148 Å². The van der Waals surface area contributed by atoms with Crippen LogP contribution in [-0.4, -0.2) is 43.7 Å². The lowest BCUT2D eigenvalue weighted by atomic mass is 10.0. The second-order valence-electron chi connectivity index (χ2n) is 6.36. The van der Waals surface area contributed by atoms with Crippen LogP contribution in [0.3, 0.4) is 0 Å². The standard InChI is InChI=1S/C19H24N4O2/c1-22(2)18-10-9-15(13-20-18)21-19(24)23-11-5-8-17(23)14-6-4-7-16(12-14)25-3/h4,6-7,9-10,12-13,17H,5,8,11H2,1-3H3,(H,21,24)/t17-/m0/s1. The van der Waals surface area contributed by atoms with E-state index in [4.69, 9.17) is 4.74 Å². The molecule has 0 unspecified atom stereocenters. The van der Waals surface area contributed by atoms with Crippen LogP contribution in [0, 0.1) is 0 Å². The van der Waals surface area contributed by atoms with Crippen molar-refractivity contribution in [2.75, 3.05) is 38.0 Å². The summed E-state index contributed by atoms with van der Waals surface area (Å²) in [6.07, 6.45) is 3.63. The first-order valence-corrected chi connectivity index (χ1v) is 8.43. The number of amides is 2. The maximum Gasteiger partial charge on any atom is 0.322 e. The van der Waals surface area contributed by atoms with Gasteiger partial charge < -0.3 is 19.9 Å². The zero-order valence-electron chi connectivity index (χ0n) is 14.9. The van der Waals surface area contributed by atoms with Gasteiger partial charge in [-0.2, -0.15) is 0 Å². The molecule has 1 aromatic heterocycles. The number of nitrogens with zero attached hydrogens (tertiary/aromatic N) is 3. The van der Waals surface area contributed by atoms with Crippen molar-refractivity contribution in [2.24, 2.45) is 0 Å². The second-order valence-corrected chi connectivity index (χ2v) is 6.36. The number of methoxy groups -OCH3 is 1. The van der Waals surface area contributed by atoms with Crippen LogP contribution in [0.15, 0.2) is 42.6 Å². The van der Waals surface area contributed by atoms with Crippen molar-refractivity contribution >= 4 is 17.5 Å². The molecule has 3 rings (SSSR count). The number of hydrogen-bond acceptors (Lipinski definition) is 4. The Kier molecular flexibility index (Phi) is 5.07. The summed E-state index contributed by atoms with van der Waals surface area (Å²) in [5.74, 6) is 1.67. The molecule has 0 spiro atoms. The van der Waals surface area contributed by atoms with Gasteiger partial charge in [0.05, 0.1) is 25.0 Å². The molecule has 2 amide bonds. The van der Waals surface area contributed by atoms with E-state index in [0.29, 0.717) is 5.69 Å². The Morgan fingerprint density at radius 3 is 2.84 bits per heavy atom. The number of benzene rings is 1. The molecule has 0 radical (unpaired) electrons. The molecule has 1 aliphatic rings. The first-order chi connectivity index (χ1) is 12.1.